The van der Waals surface area contributed by atoms with E-state index in [0.717, 1.165) is 43.1 Å². The molecule has 0 aliphatic carbocycles. The fourth-order valence-electron chi connectivity index (χ4n) is 3.87. The third-order valence-corrected chi connectivity index (χ3v) is 5.19. The van der Waals surface area contributed by atoms with Gasteiger partial charge in [0.1, 0.15) is 11.6 Å². The molecule has 1 saturated heterocycles. The van der Waals surface area contributed by atoms with Crippen LogP contribution in [-0.2, 0) is 13.1 Å². The van der Waals surface area contributed by atoms with Crippen molar-refractivity contribution in [2.45, 2.75) is 26.4 Å². The Hall–Kier alpha value is -2.46. The molecule has 134 valence electrons. The van der Waals surface area contributed by atoms with Gasteiger partial charge in [-0.25, -0.2) is 9.37 Å². The van der Waals surface area contributed by atoms with Crippen molar-refractivity contribution in [1.82, 2.24) is 14.5 Å². The molecule has 1 fully saturated rings. The standard InChI is InChI=1S/C22H24FN3/c1-17-13-24-22(20-7-3-2-4-8-20)26(17)16-19-10-11-25(15-19)14-18-6-5-9-21(23)12-18/h2-9,12-13,19H,10-11,14-16H2,1H3. The van der Waals surface area contributed by atoms with Gasteiger partial charge in [-0.3, -0.25) is 4.90 Å². The predicted molar refractivity (Wildman–Crippen MR) is 102 cm³/mol. The van der Waals surface area contributed by atoms with E-state index in [-0.39, 0.29) is 5.82 Å². The second kappa shape index (κ2) is 7.42. The number of aromatic nitrogens is 2. The molecule has 0 radical (unpaired) electrons. The number of likely N-dealkylation sites (tertiary alicyclic amines) is 1. The molecule has 1 aromatic heterocycles. The molecule has 0 N–H and O–H groups in total. The number of benzene rings is 2. The van der Waals surface area contributed by atoms with Gasteiger partial charge < -0.3 is 4.57 Å². The highest BCUT2D eigenvalue weighted by atomic mass is 19.1. The zero-order chi connectivity index (χ0) is 17.9. The van der Waals surface area contributed by atoms with Crippen LogP contribution in [0.4, 0.5) is 4.39 Å². The first-order valence-corrected chi connectivity index (χ1v) is 9.23. The van der Waals surface area contributed by atoms with Crippen LogP contribution in [0.15, 0.2) is 60.8 Å². The van der Waals surface area contributed by atoms with Crippen molar-refractivity contribution in [2.75, 3.05) is 13.1 Å². The highest BCUT2D eigenvalue weighted by molar-refractivity contribution is 5.55. The van der Waals surface area contributed by atoms with E-state index < -0.39 is 0 Å². The Balaban J connectivity index is 1.44. The molecule has 3 nitrogen and oxygen atoms in total. The van der Waals surface area contributed by atoms with Gasteiger partial charge in [0.15, 0.2) is 0 Å². The lowest BCUT2D eigenvalue weighted by atomic mass is 10.1. The van der Waals surface area contributed by atoms with Crippen LogP contribution in [0.1, 0.15) is 17.7 Å². The lowest BCUT2D eigenvalue weighted by Gasteiger charge is -2.18. The molecule has 4 rings (SSSR count). The molecule has 0 amide bonds. The van der Waals surface area contributed by atoms with Gasteiger partial charge in [0.2, 0.25) is 0 Å². The van der Waals surface area contributed by atoms with Gasteiger partial charge in [-0.1, -0.05) is 42.5 Å². The van der Waals surface area contributed by atoms with Gasteiger partial charge in [0, 0.05) is 37.1 Å². The maximum atomic E-state index is 13.4. The summed E-state index contributed by atoms with van der Waals surface area (Å²) in [6.07, 6.45) is 3.13. The molecule has 1 unspecified atom stereocenters. The summed E-state index contributed by atoms with van der Waals surface area (Å²) in [4.78, 5) is 7.06. The second-order valence-corrected chi connectivity index (χ2v) is 7.22. The smallest absolute Gasteiger partial charge is 0.140 e. The minimum Gasteiger partial charge on any atom is -0.328 e. The van der Waals surface area contributed by atoms with E-state index in [1.165, 1.54) is 18.2 Å². The van der Waals surface area contributed by atoms with Gasteiger partial charge in [-0.15, -0.1) is 0 Å². The fraction of sp³-hybridized carbons (Fsp3) is 0.318. The minimum atomic E-state index is -0.153. The van der Waals surface area contributed by atoms with Crippen LogP contribution in [0.2, 0.25) is 0 Å². The van der Waals surface area contributed by atoms with Crippen LogP contribution >= 0.6 is 0 Å². The molecule has 0 bridgehead atoms. The molecule has 0 saturated carbocycles. The van der Waals surface area contributed by atoms with Crippen molar-refractivity contribution < 1.29 is 4.39 Å². The molecule has 1 atom stereocenters. The number of hydrogen-bond donors (Lipinski definition) is 0. The van der Waals surface area contributed by atoms with Gasteiger partial charge in [-0.2, -0.15) is 0 Å². The molecular formula is C22H24FN3. The topological polar surface area (TPSA) is 21.1 Å². The van der Waals surface area contributed by atoms with Crippen LogP contribution < -0.4 is 0 Å². The lowest BCUT2D eigenvalue weighted by molar-refractivity contribution is 0.308. The highest BCUT2D eigenvalue weighted by Crippen LogP contribution is 2.25. The van der Waals surface area contributed by atoms with Gasteiger partial charge in [0.25, 0.3) is 0 Å². The van der Waals surface area contributed by atoms with Crippen LogP contribution in [0.25, 0.3) is 11.4 Å². The number of nitrogens with zero attached hydrogens (tertiary/aromatic N) is 3. The third kappa shape index (κ3) is 3.70. The number of hydrogen-bond acceptors (Lipinski definition) is 2. The zero-order valence-corrected chi connectivity index (χ0v) is 15.1. The summed E-state index contributed by atoms with van der Waals surface area (Å²) < 4.78 is 15.7. The quantitative estimate of drug-likeness (QED) is 0.675. The second-order valence-electron chi connectivity index (χ2n) is 7.22. The van der Waals surface area contributed by atoms with Gasteiger partial charge in [0.05, 0.1) is 0 Å². The number of aryl methyl sites for hydroxylation is 1. The van der Waals surface area contributed by atoms with E-state index in [9.17, 15) is 4.39 Å². The first-order chi connectivity index (χ1) is 12.7. The zero-order valence-electron chi connectivity index (χ0n) is 15.1. The van der Waals surface area contributed by atoms with Crippen LogP contribution in [-0.4, -0.2) is 27.5 Å². The van der Waals surface area contributed by atoms with Crippen molar-refractivity contribution in [3.63, 3.8) is 0 Å². The molecule has 2 aromatic carbocycles. The molecular weight excluding hydrogens is 325 g/mol. The Bertz CT molecular complexity index is 872. The van der Waals surface area contributed by atoms with Crippen LogP contribution in [0.3, 0.4) is 0 Å². The Labute approximate surface area is 154 Å². The Morgan fingerprint density at radius 3 is 2.77 bits per heavy atom. The Morgan fingerprint density at radius 1 is 1.12 bits per heavy atom. The maximum absolute atomic E-state index is 13.4. The van der Waals surface area contributed by atoms with E-state index >= 15 is 0 Å². The summed E-state index contributed by atoms with van der Waals surface area (Å²) in [5, 5.41) is 0. The van der Waals surface area contributed by atoms with Gasteiger partial charge in [-0.05, 0) is 43.5 Å². The normalized spacial score (nSPS) is 17.7. The molecule has 3 aromatic rings. The van der Waals surface area contributed by atoms with Crippen molar-refractivity contribution in [3.8, 4) is 11.4 Å². The Kier molecular flexibility index (Phi) is 4.85. The summed E-state index contributed by atoms with van der Waals surface area (Å²) in [7, 11) is 0. The van der Waals surface area contributed by atoms with Crippen molar-refractivity contribution in [3.05, 3.63) is 77.9 Å². The monoisotopic (exact) mass is 349 g/mol. The van der Waals surface area contributed by atoms with Crippen molar-refractivity contribution >= 4 is 0 Å². The van der Waals surface area contributed by atoms with Crippen molar-refractivity contribution in [2.24, 2.45) is 5.92 Å². The van der Waals surface area contributed by atoms with E-state index in [2.05, 4.69) is 45.6 Å². The lowest BCUT2D eigenvalue weighted by Crippen LogP contribution is -2.22. The largest absolute Gasteiger partial charge is 0.328 e. The van der Waals surface area contributed by atoms with Crippen molar-refractivity contribution in [1.29, 1.82) is 0 Å². The van der Waals surface area contributed by atoms with Gasteiger partial charge >= 0.3 is 0 Å². The average Bonchev–Trinajstić information content (AvgIpc) is 3.23. The summed E-state index contributed by atoms with van der Waals surface area (Å²) in [6.45, 7) is 6.04. The number of rotatable bonds is 5. The SMILES string of the molecule is Cc1cnc(-c2ccccc2)n1CC1CCN(Cc2cccc(F)c2)C1. The minimum absolute atomic E-state index is 0.153. The molecule has 0 spiro atoms. The molecule has 1 aliphatic heterocycles. The molecule has 26 heavy (non-hydrogen) atoms. The predicted octanol–water partition coefficient (Wildman–Crippen LogP) is 4.52. The van der Waals surface area contributed by atoms with E-state index in [1.807, 2.05) is 18.3 Å². The first-order valence-electron chi connectivity index (χ1n) is 9.23. The fourth-order valence-corrected chi connectivity index (χ4v) is 3.87. The molecule has 4 heteroatoms. The van der Waals surface area contributed by atoms with Crippen LogP contribution in [0, 0.1) is 18.7 Å². The summed E-state index contributed by atoms with van der Waals surface area (Å²) in [5.74, 6) is 1.49. The number of imidazole rings is 1. The van der Waals surface area contributed by atoms with E-state index in [1.54, 1.807) is 12.1 Å². The summed E-state index contributed by atoms with van der Waals surface area (Å²) in [5.41, 5.74) is 3.41. The first kappa shape index (κ1) is 17.0. The average molecular weight is 349 g/mol. The highest BCUT2D eigenvalue weighted by Gasteiger charge is 2.24. The summed E-state index contributed by atoms with van der Waals surface area (Å²) >= 11 is 0. The summed E-state index contributed by atoms with van der Waals surface area (Å²) in [6, 6.07) is 17.3. The third-order valence-electron chi connectivity index (χ3n) is 5.19. The van der Waals surface area contributed by atoms with E-state index in [0.29, 0.717) is 5.92 Å². The Morgan fingerprint density at radius 2 is 1.96 bits per heavy atom. The van der Waals surface area contributed by atoms with E-state index in [4.69, 9.17) is 0 Å². The number of halogens is 1. The van der Waals surface area contributed by atoms with Crippen LogP contribution in [0.5, 0.6) is 0 Å². The molecule has 1 aliphatic rings. The molecule has 2 heterocycles. The maximum Gasteiger partial charge on any atom is 0.140 e.